The summed E-state index contributed by atoms with van der Waals surface area (Å²) in [6.45, 7) is 3.39. The molecule has 1 aliphatic rings. The van der Waals surface area contributed by atoms with Gasteiger partial charge in [-0.1, -0.05) is 6.92 Å². The number of esters is 1. The predicted octanol–water partition coefficient (Wildman–Crippen LogP) is -0.384. The van der Waals surface area contributed by atoms with Crippen molar-refractivity contribution in [1.29, 1.82) is 0 Å². The van der Waals surface area contributed by atoms with E-state index in [-0.39, 0.29) is 5.97 Å². The Bertz CT molecular complexity index is 175. The molecule has 0 amide bonds. The van der Waals surface area contributed by atoms with Gasteiger partial charge in [-0.3, -0.25) is 9.69 Å². The molecule has 0 aromatic rings. The Labute approximate surface area is 72.1 Å². The fourth-order valence-electron chi connectivity index (χ4n) is 1.37. The SMILES string of the molecule is CCC1(O)CN(CC(=O)OC)C1. The van der Waals surface area contributed by atoms with E-state index in [4.69, 9.17) is 0 Å². The summed E-state index contributed by atoms with van der Waals surface area (Å²) in [6, 6.07) is 0. The lowest BCUT2D eigenvalue weighted by Gasteiger charge is -2.45. The lowest BCUT2D eigenvalue weighted by atomic mass is 9.91. The molecule has 0 unspecified atom stereocenters. The maximum atomic E-state index is 10.8. The molecule has 1 fully saturated rings. The standard InChI is InChI=1S/C8H15NO3/c1-3-8(11)5-9(6-8)4-7(10)12-2/h11H,3-6H2,1-2H3. The van der Waals surface area contributed by atoms with Crippen LogP contribution in [0.4, 0.5) is 0 Å². The number of carbonyl (C=O) groups is 1. The topological polar surface area (TPSA) is 49.8 Å². The molecule has 0 aromatic carbocycles. The van der Waals surface area contributed by atoms with Gasteiger partial charge in [-0.25, -0.2) is 0 Å². The highest BCUT2D eigenvalue weighted by atomic mass is 16.5. The highest BCUT2D eigenvalue weighted by Crippen LogP contribution is 2.23. The Balaban J connectivity index is 2.21. The van der Waals surface area contributed by atoms with Gasteiger partial charge >= 0.3 is 5.97 Å². The van der Waals surface area contributed by atoms with Gasteiger partial charge in [0.2, 0.25) is 0 Å². The summed E-state index contributed by atoms with van der Waals surface area (Å²) >= 11 is 0. The van der Waals surface area contributed by atoms with Crippen LogP contribution in [-0.2, 0) is 9.53 Å². The molecule has 1 N–H and O–H groups in total. The largest absolute Gasteiger partial charge is 0.468 e. The van der Waals surface area contributed by atoms with E-state index >= 15 is 0 Å². The summed E-state index contributed by atoms with van der Waals surface area (Å²) in [5.74, 6) is -0.242. The fraction of sp³-hybridized carbons (Fsp3) is 0.875. The molecule has 0 saturated carbocycles. The molecule has 1 heterocycles. The van der Waals surface area contributed by atoms with Crippen LogP contribution >= 0.6 is 0 Å². The van der Waals surface area contributed by atoms with Crippen molar-refractivity contribution in [1.82, 2.24) is 4.90 Å². The van der Waals surface area contributed by atoms with Gasteiger partial charge in [0.1, 0.15) is 0 Å². The first-order valence-corrected chi connectivity index (χ1v) is 4.11. The van der Waals surface area contributed by atoms with Crippen molar-refractivity contribution in [2.24, 2.45) is 0 Å². The highest BCUT2D eigenvalue weighted by Gasteiger charge is 2.39. The zero-order valence-corrected chi connectivity index (χ0v) is 7.54. The first-order chi connectivity index (χ1) is 5.59. The van der Waals surface area contributed by atoms with Crippen LogP contribution in [-0.4, -0.2) is 48.3 Å². The van der Waals surface area contributed by atoms with Crippen molar-refractivity contribution in [2.45, 2.75) is 18.9 Å². The van der Waals surface area contributed by atoms with Crippen LogP contribution < -0.4 is 0 Å². The number of nitrogens with zero attached hydrogens (tertiary/aromatic N) is 1. The van der Waals surface area contributed by atoms with Gasteiger partial charge < -0.3 is 9.84 Å². The van der Waals surface area contributed by atoms with E-state index in [2.05, 4.69) is 4.74 Å². The summed E-state index contributed by atoms with van der Waals surface area (Å²) in [7, 11) is 1.37. The van der Waals surface area contributed by atoms with Gasteiger partial charge in [0.15, 0.2) is 0 Å². The maximum Gasteiger partial charge on any atom is 0.319 e. The average molecular weight is 173 g/mol. The quantitative estimate of drug-likeness (QED) is 0.591. The van der Waals surface area contributed by atoms with Gasteiger partial charge in [0.05, 0.1) is 19.3 Å². The van der Waals surface area contributed by atoms with Crippen LogP contribution in [0.5, 0.6) is 0 Å². The lowest BCUT2D eigenvalue weighted by Crippen LogP contribution is -2.62. The Hall–Kier alpha value is -0.610. The first kappa shape index (κ1) is 9.48. The van der Waals surface area contributed by atoms with E-state index in [1.54, 1.807) is 0 Å². The molecule has 4 nitrogen and oxygen atoms in total. The van der Waals surface area contributed by atoms with E-state index in [9.17, 15) is 9.90 Å². The molecule has 1 rings (SSSR count). The monoisotopic (exact) mass is 173 g/mol. The van der Waals surface area contributed by atoms with Gasteiger partial charge in [-0.15, -0.1) is 0 Å². The molecule has 1 saturated heterocycles. The number of carbonyl (C=O) groups excluding carboxylic acids is 1. The van der Waals surface area contributed by atoms with Gasteiger partial charge in [-0.2, -0.15) is 0 Å². The number of methoxy groups -OCH3 is 1. The molecule has 0 aromatic heterocycles. The number of rotatable bonds is 3. The van der Waals surface area contributed by atoms with E-state index in [1.807, 2.05) is 11.8 Å². The maximum absolute atomic E-state index is 10.8. The number of hydrogen-bond acceptors (Lipinski definition) is 4. The second kappa shape index (κ2) is 3.41. The van der Waals surface area contributed by atoms with Crippen molar-refractivity contribution in [3.05, 3.63) is 0 Å². The number of ether oxygens (including phenoxy) is 1. The summed E-state index contributed by atoms with van der Waals surface area (Å²) in [5.41, 5.74) is -0.561. The molecule has 4 heteroatoms. The van der Waals surface area contributed by atoms with Gasteiger partial charge in [-0.05, 0) is 6.42 Å². The van der Waals surface area contributed by atoms with E-state index in [1.165, 1.54) is 7.11 Å². The zero-order chi connectivity index (χ0) is 9.19. The summed E-state index contributed by atoms with van der Waals surface area (Å²) in [4.78, 5) is 12.6. The van der Waals surface area contributed by atoms with Gasteiger partial charge in [0, 0.05) is 13.1 Å². The number of β-amino-alcohol motifs (C(OH)–C–C–N with tert-alkyl or cyclic N) is 1. The molecule has 12 heavy (non-hydrogen) atoms. The van der Waals surface area contributed by atoms with E-state index < -0.39 is 5.60 Å². The second-order valence-corrected chi connectivity index (χ2v) is 3.30. The fourth-order valence-corrected chi connectivity index (χ4v) is 1.37. The van der Waals surface area contributed by atoms with Crippen molar-refractivity contribution >= 4 is 5.97 Å². The average Bonchev–Trinajstić information content (AvgIpc) is 2.01. The summed E-state index contributed by atoms with van der Waals surface area (Å²) in [5, 5.41) is 9.58. The Morgan fingerprint density at radius 3 is 2.67 bits per heavy atom. The highest BCUT2D eigenvalue weighted by molar-refractivity contribution is 5.71. The van der Waals surface area contributed by atoms with Crippen molar-refractivity contribution in [3.8, 4) is 0 Å². The van der Waals surface area contributed by atoms with Crippen molar-refractivity contribution in [2.75, 3.05) is 26.7 Å². The van der Waals surface area contributed by atoms with Crippen LogP contribution in [0.1, 0.15) is 13.3 Å². The van der Waals surface area contributed by atoms with Crippen LogP contribution in [0.3, 0.4) is 0 Å². The molecule has 1 aliphatic heterocycles. The van der Waals surface area contributed by atoms with Crippen LogP contribution in [0, 0.1) is 0 Å². The number of likely N-dealkylation sites (tertiary alicyclic amines) is 1. The number of aliphatic hydroxyl groups is 1. The Morgan fingerprint density at radius 1 is 1.67 bits per heavy atom. The molecule has 0 spiro atoms. The van der Waals surface area contributed by atoms with Crippen LogP contribution in [0.2, 0.25) is 0 Å². The van der Waals surface area contributed by atoms with Crippen LogP contribution in [0.25, 0.3) is 0 Å². The first-order valence-electron chi connectivity index (χ1n) is 4.11. The third kappa shape index (κ3) is 1.95. The molecular weight excluding hydrogens is 158 g/mol. The molecule has 70 valence electrons. The summed E-state index contributed by atoms with van der Waals surface area (Å²) < 4.78 is 4.50. The van der Waals surface area contributed by atoms with E-state index in [0.717, 1.165) is 6.42 Å². The normalized spacial score (nSPS) is 21.6. The molecular formula is C8H15NO3. The molecule has 0 atom stereocenters. The predicted molar refractivity (Wildman–Crippen MR) is 43.7 cm³/mol. The second-order valence-electron chi connectivity index (χ2n) is 3.30. The van der Waals surface area contributed by atoms with Crippen molar-refractivity contribution < 1.29 is 14.6 Å². The smallest absolute Gasteiger partial charge is 0.319 e. The minimum Gasteiger partial charge on any atom is -0.468 e. The third-order valence-electron chi connectivity index (χ3n) is 2.27. The zero-order valence-electron chi connectivity index (χ0n) is 7.54. The Morgan fingerprint density at radius 2 is 2.25 bits per heavy atom. The lowest BCUT2D eigenvalue weighted by molar-refractivity contribution is -0.150. The molecule has 0 radical (unpaired) electrons. The van der Waals surface area contributed by atoms with Crippen LogP contribution in [0.15, 0.2) is 0 Å². The number of hydrogen-bond donors (Lipinski definition) is 1. The minimum absolute atomic E-state index is 0.242. The van der Waals surface area contributed by atoms with E-state index in [0.29, 0.717) is 19.6 Å². The van der Waals surface area contributed by atoms with Gasteiger partial charge in [0.25, 0.3) is 0 Å². The molecule has 0 aliphatic carbocycles. The Kier molecular flexibility index (Phi) is 2.69. The minimum atomic E-state index is -0.561. The summed E-state index contributed by atoms with van der Waals surface area (Å²) in [6.07, 6.45) is 0.741. The third-order valence-corrected chi connectivity index (χ3v) is 2.27. The molecule has 0 bridgehead atoms. The van der Waals surface area contributed by atoms with Crippen molar-refractivity contribution in [3.63, 3.8) is 0 Å².